The van der Waals surface area contributed by atoms with Crippen molar-refractivity contribution in [3.63, 3.8) is 0 Å². The lowest BCUT2D eigenvalue weighted by Crippen LogP contribution is -2.51. The van der Waals surface area contributed by atoms with E-state index in [9.17, 15) is 4.79 Å². The van der Waals surface area contributed by atoms with Crippen LogP contribution in [0.4, 0.5) is 0 Å². The van der Waals surface area contributed by atoms with E-state index < -0.39 is 0 Å². The Bertz CT molecular complexity index is 1380. The third-order valence-electron chi connectivity index (χ3n) is 6.66. The van der Waals surface area contributed by atoms with Crippen LogP contribution < -0.4 is 0 Å². The Balaban J connectivity index is 1.35. The van der Waals surface area contributed by atoms with E-state index in [1.165, 1.54) is 11.1 Å². The van der Waals surface area contributed by atoms with Crippen LogP contribution in [0.5, 0.6) is 0 Å². The van der Waals surface area contributed by atoms with Crippen molar-refractivity contribution in [2.24, 2.45) is 12.5 Å². The second-order valence-electron chi connectivity index (χ2n) is 10.9. The van der Waals surface area contributed by atoms with Crippen LogP contribution in [-0.4, -0.2) is 61.3 Å². The zero-order valence-electron chi connectivity index (χ0n) is 21.3. The highest BCUT2D eigenvalue weighted by Crippen LogP contribution is 2.30. The van der Waals surface area contributed by atoms with Gasteiger partial charge in [0.1, 0.15) is 0 Å². The highest BCUT2D eigenvalue weighted by atomic mass is 16.2. The first-order valence-corrected chi connectivity index (χ1v) is 12.2. The van der Waals surface area contributed by atoms with Gasteiger partial charge >= 0.3 is 0 Å². The van der Waals surface area contributed by atoms with Crippen molar-refractivity contribution in [1.29, 1.82) is 0 Å². The van der Waals surface area contributed by atoms with Crippen molar-refractivity contribution in [1.82, 2.24) is 29.2 Å². The lowest BCUT2D eigenvalue weighted by molar-refractivity contribution is -0.137. The van der Waals surface area contributed by atoms with Crippen molar-refractivity contribution in [3.8, 4) is 22.3 Å². The molecular formula is C28H34N6O. The van der Waals surface area contributed by atoms with Gasteiger partial charge in [-0.05, 0) is 41.2 Å². The molecule has 1 saturated heterocycles. The van der Waals surface area contributed by atoms with Gasteiger partial charge < -0.3 is 4.90 Å². The fraction of sp³-hybridized carbons (Fsp3) is 0.393. The summed E-state index contributed by atoms with van der Waals surface area (Å²) in [5.41, 5.74) is 8.10. The zero-order valence-corrected chi connectivity index (χ0v) is 21.3. The molecule has 1 amide bonds. The average Bonchev–Trinajstić information content (AvgIpc) is 3.41. The summed E-state index contributed by atoms with van der Waals surface area (Å²) < 4.78 is 3.74. The zero-order chi connectivity index (χ0) is 24.7. The average molecular weight is 471 g/mol. The number of amides is 1. The van der Waals surface area contributed by atoms with Gasteiger partial charge in [0.25, 0.3) is 0 Å². The fourth-order valence-corrected chi connectivity index (χ4v) is 4.96. The van der Waals surface area contributed by atoms with E-state index in [4.69, 9.17) is 0 Å². The highest BCUT2D eigenvalue weighted by Gasteiger charge is 2.27. The minimum atomic E-state index is 0.200. The Morgan fingerprint density at radius 1 is 0.971 bits per heavy atom. The highest BCUT2D eigenvalue weighted by molar-refractivity contribution is 5.84. The predicted molar refractivity (Wildman–Crippen MR) is 139 cm³/mol. The van der Waals surface area contributed by atoms with Gasteiger partial charge in [0.05, 0.1) is 18.3 Å². The molecule has 1 aliphatic heterocycles. The summed E-state index contributed by atoms with van der Waals surface area (Å²) in [7, 11) is 1.92. The Labute approximate surface area is 207 Å². The van der Waals surface area contributed by atoms with Crippen molar-refractivity contribution in [3.05, 3.63) is 66.2 Å². The van der Waals surface area contributed by atoms with Crippen molar-refractivity contribution in [2.75, 3.05) is 26.2 Å². The summed E-state index contributed by atoms with van der Waals surface area (Å²) in [5, 5.41) is 8.81. The molecule has 0 N–H and O–H groups in total. The number of nitrogens with zero attached hydrogens (tertiary/aromatic N) is 6. The van der Waals surface area contributed by atoms with E-state index in [0.717, 1.165) is 47.4 Å². The number of piperazine rings is 1. The van der Waals surface area contributed by atoms with Crippen LogP contribution in [0.25, 0.3) is 27.8 Å². The van der Waals surface area contributed by atoms with E-state index in [2.05, 4.69) is 73.1 Å². The SMILES string of the molecule is Cc1cc(-c2ccnn3cc(-c4cnn(C)c4)cc23)ccc1CN1CCN(CC(C)(C)C)CC1=O. The number of carbonyl (C=O) groups is 1. The third kappa shape index (κ3) is 5.00. The van der Waals surface area contributed by atoms with E-state index in [1.54, 1.807) is 0 Å². The molecule has 0 saturated carbocycles. The Kier molecular flexibility index (Phi) is 5.97. The number of benzene rings is 1. The predicted octanol–water partition coefficient (Wildman–Crippen LogP) is 4.40. The monoisotopic (exact) mass is 470 g/mol. The molecule has 0 aliphatic carbocycles. The van der Waals surface area contributed by atoms with Crippen LogP contribution in [0.3, 0.4) is 0 Å². The molecular weight excluding hydrogens is 436 g/mol. The number of carbonyl (C=O) groups excluding carboxylic acids is 1. The maximum absolute atomic E-state index is 12.8. The molecule has 1 aromatic carbocycles. The van der Waals surface area contributed by atoms with E-state index >= 15 is 0 Å². The van der Waals surface area contributed by atoms with Gasteiger partial charge in [-0.2, -0.15) is 10.2 Å². The van der Waals surface area contributed by atoms with Gasteiger partial charge in [0.15, 0.2) is 0 Å². The molecule has 4 aromatic rings. The molecule has 7 nitrogen and oxygen atoms in total. The van der Waals surface area contributed by atoms with E-state index in [0.29, 0.717) is 13.1 Å². The van der Waals surface area contributed by atoms with Crippen molar-refractivity contribution in [2.45, 2.75) is 34.2 Å². The lowest BCUT2D eigenvalue weighted by atomic mass is 9.95. The summed E-state index contributed by atoms with van der Waals surface area (Å²) in [6, 6.07) is 10.8. The van der Waals surface area contributed by atoms with Crippen molar-refractivity contribution < 1.29 is 4.79 Å². The normalized spacial score (nSPS) is 15.3. The second kappa shape index (κ2) is 8.96. The Morgan fingerprint density at radius 3 is 2.49 bits per heavy atom. The first-order chi connectivity index (χ1) is 16.7. The number of hydrogen-bond donors (Lipinski definition) is 0. The molecule has 4 heterocycles. The lowest BCUT2D eigenvalue weighted by Gasteiger charge is -2.37. The molecule has 7 heteroatoms. The molecule has 0 atom stereocenters. The molecule has 1 aliphatic rings. The van der Waals surface area contributed by atoms with Crippen LogP contribution in [0, 0.1) is 12.3 Å². The van der Waals surface area contributed by atoms with E-state index in [1.807, 2.05) is 45.9 Å². The third-order valence-corrected chi connectivity index (χ3v) is 6.66. The first-order valence-electron chi connectivity index (χ1n) is 12.2. The summed E-state index contributed by atoms with van der Waals surface area (Å²) in [4.78, 5) is 17.1. The minimum absolute atomic E-state index is 0.200. The molecule has 35 heavy (non-hydrogen) atoms. The maximum atomic E-state index is 12.8. The second-order valence-corrected chi connectivity index (χ2v) is 10.9. The largest absolute Gasteiger partial charge is 0.336 e. The molecule has 0 radical (unpaired) electrons. The number of aromatic nitrogens is 4. The molecule has 5 rings (SSSR count). The molecule has 182 valence electrons. The first kappa shape index (κ1) is 23.3. The Morgan fingerprint density at radius 2 is 1.80 bits per heavy atom. The van der Waals surface area contributed by atoms with Crippen LogP contribution in [-0.2, 0) is 18.4 Å². The smallest absolute Gasteiger partial charge is 0.237 e. The van der Waals surface area contributed by atoms with Gasteiger partial charge in [0.2, 0.25) is 5.91 Å². The summed E-state index contributed by atoms with van der Waals surface area (Å²) in [5.74, 6) is 0.218. The number of rotatable bonds is 5. The molecule has 0 spiro atoms. The molecule has 0 bridgehead atoms. The van der Waals surface area contributed by atoms with E-state index in [-0.39, 0.29) is 11.3 Å². The van der Waals surface area contributed by atoms with Gasteiger partial charge in [-0.1, -0.05) is 39.0 Å². The van der Waals surface area contributed by atoms with Gasteiger partial charge in [-0.3, -0.25) is 14.4 Å². The van der Waals surface area contributed by atoms with Crippen molar-refractivity contribution >= 4 is 11.4 Å². The minimum Gasteiger partial charge on any atom is -0.336 e. The molecule has 1 fully saturated rings. The molecule has 0 unspecified atom stereocenters. The standard InChI is InChI=1S/C28H34N6O/c1-20-12-21(6-7-22(20)16-33-11-10-32(18-27(33)35)19-28(2,3)4)25-8-9-29-34-17-23(13-26(25)34)24-14-30-31(5)15-24/h6-9,12-15,17H,10-11,16,18-19H2,1-5H3. The number of fused-ring (bicyclic) bond motifs is 1. The van der Waals surface area contributed by atoms with Gasteiger partial charge in [-0.15, -0.1) is 0 Å². The summed E-state index contributed by atoms with van der Waals surface area (Å²) >= 11 is 0. The summed E-state index contributed by atoms with van der Waals surface area (Å²) in [6.07, 6.45) is 7.77. The quantitative estimate of drug-likeness (QED) is 0.434. The number of aryl methyl sites for hydroxylation is 2. The van der Waals surface area contributed by atoms with Crippen LogP contribution in [0.15, 0.2) is 55.1 Å². The van der Waals surface area contributed by atoms with Gasteiger partial charge in [0, 0.05) is 68.5 Å². The van der Waals surface area contributed by atoms with Crippen LogP contribution in [0.2, 0.25) is 0 Å². The van der Waals surface area contributed by atoms with Crippen LogP contribution in [0.1, 0.15) is 31.9 Å². The fourth-order valence-electron chi connectivity index (χ4n) is 4.96. The number of hydrogen-bond acceptors (Lipinski definition) is 4. The molecule has 3 aromatic heterocycles. The Hall–Kier alpha value is -3.45. The summed E-state index contributed by atoms with van der Waals surface area (Å²) in [6.45, 7) is 12.6. The maximum Gasteiger partial charge on any atom is 0.237 e. The van der Waals surface area contributed by atoms with Gasteiger partial charge in [-0.25, -0.2) is 4.52 Å². The topological polar surface area (TPSA) is 58.7 Å². The van der Waals surface area contributed by atoms with Crippen LogP contribution >= 0.6 is 0 Å².